The standard InChI is InChI=1S/C26H26F2N2O5/c27-26(28)20(21(26)23(31)30-22(24(32)33)14-6-5-7-14)12-29-25(34)35-13-19-17-10-3-1-8-15(17)16-9-2-4-11-18(16)19/h1-4,8-11,14,19-22H,5-7,12-13H2,(H,29,34)(H,30,31)(H,32,33). The fourth-order valence-electron chi connectivity index (χ4n) is 5.24. The van der Waals surface area contributed by atoms with E-state index >= 15 is 0 Å². The smallest absolute Gasteiger partial charge is 0.407 e. The Bertz CT molecular complexity index is 1120. The molecule has 0 aromatic heterocycles. The van der Waals surface area contributed by atoms with Crippen molar-refractivity contribution in [3.63, 3.8) is 0 Å². The maximum atomic E-state index is 14.3. The molecular weight excluding hydrogens is 458 g/mol. The van der Waals surface area contributed by atoms with Gasteiger partial charge in [0.2, 0.25) is 5.91 Å². The van der Waals surface area contributed by atoms with Crippen molar-refractivity contribution in [1.82, 2.24) is 10.6 Å². The maximum absolute atomic E-state index is 14.3. The van der Waals surface area contributed by atoms with Gasteiger partial charge in [-0.15, -0.1) is 0 Å². The van der Waals surface area contributed by atoms with Gasteiger partial charge in [0, 0.05) is 12.5 Å². The molecule has 7 nitrogen and oxygen atoms in total. The SMILES string of the molecule is O=C(NCC1C(C(=O)NC(C(=O)O)C2CCC2)C1(F)F)OCC1c2ccccc2-c2ccccc21. The predicted molar refractivity (Wildman–Crippen MR) is 122 cm³/mol. The van der Waals surface area contributed by atoms with Crippen molar-refractivity contribution in [2.24, 2.45) is 17.8 Å². The van der Waals surface area contributed by atoms with Gasteiger partial charge in [0.1, 0.15) is 18.6 Å². The van der Waals surface area contributed by atoms with Gasteiger partial charge in [0.15, 0.2) is 0 Å². The van der Waals surface area contributed by atoms with Gasteiger partial charge in [0.25, 0.3) is 5.92 Å². The van der Waals surface area contributed by atoms with Crippen molar-refractivity contribution in [1.29, 1.82) is 0 Å². The second kappa shape index (κ2) is 8.94. The average Bonchev–Trinajstić information content (AvgIpc) is 3.21. The Hall–Kier alpha value is -3.49. The van der Waals surface area contributed by atoms with Gasteiger partial charge in [-0.2, -0.15) is 0 Å². The Morgan fingerprint density at radius 2 is 1.63 bits per heavy atom. The van der Waals surface area contributed by atoms with Gasteiger partial charge in [-0.1, -0.05) is 55.0 Å². The quantitative estimate of drug-likeness (QED) is 0.529. The van der Waals surface area contributed by atoms with Crippen LogP contribution in [-0.4, -0.2) is 48.2 Å². The number of halogens is 2. The van der Waals surface area contributed by atoms with Gasteiger partial charge in [-0.25, -0.2) is 18.4 Å². The Morgan fingerprint density at radius 3 is 2.17 bits per heavy atom. The van der Waals surface area contributed by atoms with Crippen LogP contribution in [0.5, 0.6) is 0 Å². The lowest BCUT2D eigenvalue weighted by Gasteiger charge is -2.31. The summed E-state index contributed by atoms with van der Waals surface area (Å²) in [5, 5.41) is 13.9. The van der Waals surface area contributed by atoms with Crippen LogP contribution in [0.3, 0.4) is 0 Å². The molecule has 2 amide bonds. The molecule has 2 fully saturated rings. The monoisotopic (exact) mass is 484 g/mol. The van der Waals surface area contributed by atoms with E-state index in [0.29, 0.717) is 12.8 Å². The third-order valence-electron chi connectivity index (χ3n) is 7.48. The first-order chi connectivity index (χ1) is 16.8. The van der Waals surface area contributed by atoms with E-state index in [0.717, 1.165) is 28.7 Å². The summed E-state index contributed by atoms with van der Waals surface area (Å²) in [6.45, 7) is -0.393. The summed E-state index contributed by atoms with van der Waals surface area (Å²) in [6.07, 6.45) is 1.30. The summed E-state index contributed by atoms with van der Waals surface area (Å²) in [4.78, 5) is 36.1. The van der Waals surface area contributed by atoms with E-state index in [1.807, 2.05) is 48.5 Å². The Kier molecular flexibility index (Phi) is 5.94. The van der Waals surface area contributed by atoms with Crippen LogP contribution >= 0.6 is 0 Å². The number of rotatable bonds is 8. The number of benzene rings is 2. The molecule has 5 rings (SSSR count). The molecular formula is C26H26F2N2O5. The molecule has 3 aliphatic rings. The molecule has 3 N–H and O–H groups in total. The molecule has 0 bridgehead atoms. The number of alkyl carbamates (subject to hydrolysis) is 1. The maximum Gasteiger partial charge on any atom is 0.407 e. The largest absolute Gasteiger partial charge is 0.480 e. The summed E-state index contributed by atoms with van der Waals surface area (Å²) in [5.74, 6) is -9.00. The molecule has 2 aromatic carbocycles. The molecule has 0 radical (unpaired) electrons. The summed E-state index contributed by atoms with van der Waals surface area (Å²) >= 11 is 0. The number of alkyl halides is 2. The molecule has 35 heavy (non-hydrogen) atoms. The molecule has 184 valence electrons. The summed E-state index contributed by atoms with van der Waals surface area (Å²) < 4.78 is 33.9. The molecule has 0 aliphatic heterocycles. The number of aliphatic carboxylic acids is 1. The molecule has 9 heteroatoms. The number of carbonyl (C=O) groups excluding carboxylic acids is 2. The Morgan fingerprint density at radius 1 is 1.03 bits per heavy atom. The van der Waals surface area contributed by atoms with Crippen LogP contribution in [0.15, 0.2) is 48.5 Å². The van der Waals surface area contributed by atoms with E-state index in [2.05, 4.69) is 10.6 Å². The van der Waals surface area contributed by atoms with Crippen LogP contribution in [0.1, 0.15) is 36.3 Å². The fourth-order valence-corrected chi connectivity index (χ4v) is 5.24. The highest BCUT2D eigenvalue weighted by molar-refractivity contribution is 5.88. The second-order valence-electron chi connectivity index (χ2n) is 9.48. The van der Waals surface area contributed by atoms with E-state index in [1.165, 1.54) is 0 Å². The minimum absolute atomic E-state index is 0.0481. The minimum Gasteiger partial charge on any atom is -0.480 e. The van der Waals surface area contributed by atoms with Crippen LogP contribution in [0.25, 0.3) is 11.1 Å². The number of carboxylic acids is 1. The topological polar surface area (TPSA) is 105 Å². The van der Waals surface area contributed by atoms with Crippen LogP contribution in [0.4, 0.5) is 13.6 Å². The molecule has 0 saturated heterocycles. The third-order valence-corrected chi connectivity index (χ3v) is 7.48. The second-order valence-corrected chi connectivity index (χ2v) is 9.48. The van der Waals surface area contributed by atoms with Crippen molar-refractivity contribution in [2.45, 2.75) is 37.1 Å². The van der Waals surface area contributed by atoms with Crippen molar-refractivity contribution in [3.05, 3.63) is 59.7 Å². The van der Waals surface area contributed by atoms with E-state index in [-0.39, 0.29) is 18.4 Å². The van der Waals surface area contributed by atoms with Crippen molar-refractivity contribution in [2.75, 3.05) is 13.2 Å². The number of amides is 2. The van der Waals surface area contributed by atoms with Crippen LogP contribution in [-0.2, 0) is 14.3 Å². The van der Waals surface area contributed by atoms with Gasteiger partial charge < -0.3 is 20.5 Å². The molecule has 0 spiro atoms. The van der Waals surface area contributed by atoms with Gasteiger partial charge in [-0.05, 0) is 41.0 Å². The lowest BCUT2D eigenvalue weighted by molar-refractivity contribution is -0.145. The first kappa shape index (κ1) is 23.3. The van der Waals surface area contributed by atoms with Crippen molar-refractivity contribution >= 4 is 18.0 Å². The number of ether oxygens (including phenoxy) is 1. The van der Waals surface area contributed by atoms with Gasteiger partial charge in [0.05, 0.1) is 5.92 Å². The molecule has 2 aromatic rings. The normalized spacial score (nSPS) is 22.8. The van der Waals surface area contributed by atoms with Crippen molar-refractivity contribution < 1.29 is 33.0 Å². The highest BCUT2D eigenvalue weighted by Gasteiger charge is 2.71. The van der Waals surface area contributed by atoms with E-state index in [4.69, 9.17) is 4.74 Å². The minimum atomic E-state index is -3.32. The predicted octanol–water partition coefficient (Wildman–Crippen LogP) is 3.78. The Balaban J connectivity index is 1.15. The fraction of sp³-hybridized carbons (Fsp3) is 0.423. The van der Waals surface area contributed by atoms with Crippen molar-refractivity contribution in [3.8, 4) is 11.1 Å². The number of hydrogen-bond acceptors (Lipinski definition) is 4. The number of fused-ring (bicyclic) bond motifs is 3. The highest BCUT2D eigenvalue weighted by atomic mass is 19.3. The molecule has 3 aliphatic carbocycles. The molecule has 3 unspecified atom stereocenters. The van der Waals surface area contributed by atoms with Crippen LogP contribution < -0.4 is 10.6 Å². The summed E-state index contributed by atoms with van der Waals surface area (Å²) in [5.41, 5.74) is 4.22. The Labute approximate surface area is 200 Å². The zero-order chi connectivity index (χ0) is 24.7. The highest BCUT2D eigenvalue weighted by Crippen LogP contribution is 2.55. The van der Waals surface area contributed by atoms with Gasteiger partial charge in [-0.3, -0.25) is 4.79 Å². The first-order valence-corrected chi connectivity index (χ1v) is 11.8. The zero-order valence-electron chi connectivity index (χ0n) is 18.9. The number of hydrogen-bond donors (Lipinski definition) is 3. The zero-order valence-corrected chi connectivity index (χ0v) is 18.9. The number of nitrogens with one attached hydrogen (secondary N) is 2. The lowest BCUT2D eigenvalue weighted by Crippen LogP contribution is -2.49. The van der Waals surface area contributed by atoms with E-state index < -0.39 is 48.3 Å². The average molecular weight is 484 g/mol. The number of carboxylic acid groups (broad SMARTS) is 1. The summed E-state index contributed by atoms with van der Waals surface area (Å²) in [6, 6.07) is 14.5. The van der Waals surface area contributed by atoms with Crippen LogP contribution in [0.2, 0.25) is 0 Å². The number of carbonyl (C=O) groups is 3. The molecule has 3 atom stereocenters. The van der Waals surface area contributed by atoms with E-state index in [9.17, 15) is 28.3 Å². The summed E-state index contributed by atoms with van der Waals surface area (Å²) in [7, 11) is 0. The first-order valence-electron chi connectivity index (χ1n) is 11.8. The van der Waals surface area contributed by atoms with E-state index in [1.54, 1.807) is 0 Å². The molecule has 0 heterocycles. The van der Waals surface area contributed by atoms with Crippen LogP contribution in [0, 0.1) is 17.8 Å². The third kappa shape index (κ3) is 4.24. The lowest BCUT2D eigenvalue weighted by atomic mass is 9.79. The molecule has 2 saturated carbocycles. The van der Waals surface area contributed by atoms with Gasteiger partial charge >= 0.3 is 12.1 Å².